The molecule has 0 saturated carbocycles. The first kappa shape index (κ1) is 15.3. The predicted octanol–water partition coefficient (Wildman–Crippen LogP) is -2.23. The zero-order chi connectivity index (χ0) is 13.5. The molecule has 17 heavy (non-hydrogen) atoms. The maximum absolute atomic E-state index is 11.3. The minimum atomic E-state index is -2.75. The number of aliphatic hydroxyl groups is 1. The average Bonchev–Trinajstić information content (AvgIpc) is 2.25. The highest BCUT2D eigenvalue weighted by Crippen LogP contribution is 2.06. The minimum Gasteiger partial charge on any atom is -0.340 e. The van der Waals surface area contributed by atoms with Crippen LogP contribution in [0.1, 0.15) is 13.8 Å². The van der Waals surface area contributed by atoms with Crippen LogP contribution < -0.4 is 11.1 Å². The fourth-order valence-electron chi connectivity index (χ4n) is 0.748. The van der Waals surface area contributed by atoms with Crippen LogP contribution in [0.3, 0.4) is 0 Å². The van der Waals surface area contributed by atoms with Crippen LogP contribution in [0, 0.1) is 0 Å². The van der Waals surface area contributed by atoms with E-state index in [1.54, 1.807) is 5.32 Å². The normalized spacial score (nSPS) is 13.4. The van der Waals surface area contributed by atoms with Crippen LogP contribution in [0.15, 0.2) is 0 Å². The van der Waals surface area contributed by atoms with Gasteiger partial charge >= 0.3 is 17.8 Å². The van der Waals surface area contributed by atoms with E-state index < -0.39 is 30.3 Å². The number of rotatable bonds is 5. The van der Waals surface area contributed by atoms with Crippen molar-refractivity contribution in [3.05, 3.63) is 0 Å². The van der Waals surface area contributed by atoms with Gasteiger partial charge in [-0.15, -0.1) is 0 Å². The van der Waals surface area contributed by atoms with Crippen molar-refractivity contribution in [2.75, 3.05) is 13.2 Å². The standard InChI is InChI=1S/C8H14N2O7/c1-3-15-8(14,10-6(12)4-9)7(13)17-16-5(2)11/h14H,3-4,9H2,1-2H3,(H,10,12). The second-order valence-electron chi connectivity index (χ2n) is 2.78. The Labute approximate surface area is 96.7 Å². The van der Waals surface area contributed by atoms with Crippen LogP contribution in [0.4, 0.5) is 0 Å². The minimum absolute atomic E-state index is 0.115. The first-order valence-corrected chi connectivity index (χ1v) is 4.62. The second-order valence-corrected chi connectivity index (χ2v) is 2.78. The molecule has 1 amide bonds. The Balaban J connectivity index is 4.62. The SMILES string of the molecule is CCOC(O)(NC(=O)CN)C(=O)OOC(C)=O. The number of nitrogens with two attached hydrogens (primary N) is 1. The largest absolute Gasteiger partial charge is 0.437 e. The molecule has 0 saturated heterocycles. The fraction of sp³-hybridized carbons (Fsp3) is 0.625. The molecule has 4 N–H and O–H groups in total. The average molecular weight is 250 g/mol. The molecule has 0 bridgehead atoms. The maximum Gasteiger partial charge on any atom is 0.437 e. The van der Waals surface area contributed by atoms with Gasteiger partial charge in [0.2, 0.25) is 5.91 Å². The summed E-state index contributed by atoms with van der Waals surface area (Å²) in [6.45, 7) is 1.84. The Morgan fingerprint density at radius 1 is 1.35 bits per heavy atom. The lowest BCUT2D eigenvalue weighted by Crippen LogP contribution is -2.58. The molecule has 0 aliphatic rings. The van der Waals surface area contributed by atoms with E-state index in [2.05, 4.69) is 14.5 Å². The van der Waals surface area contributed by atoms with E-state index in [1.165, 1.54) is 6.92 Å². The van der Waals surface area contributed by atoms with Gasteiger partial charge in [-0.1, -0.05) is 0 Å². The first-order chi connectivity index (χ1) is 7.85. The number of hydrogen-bond acceptors (Lipinski definition) is 8. The van der Waals surface area contributed by atoms with E-state index in [9.17, 15) is 19.5 Å². The number of hydrogen-bond donors (Lipinski definition) is 3. The van der Waals surface area contributed by atoms with Crippen molar-refractivity contribution in [2.24, 2.45) is 5.73 Å². The van der Waals surface area contributed by atoms with Crippen molar-refractivity contribution in [2.45, 2.75) is 19.8 Å². The molecule has 9 nitrogen and oxygen atoms in total. The lowest BCUT2D eigenvalue weighted by atomic mass is 10.4. The fourth-order valence-corrected chi connectivity index (χ4v) is 0.748. The lowest BCUT2D eigenvalue weighted by Gasteiger charge is -2.24. The molecule has 0 fully saturated rings. The van der Waals surface area contributed by atoms with E-state index in [1.807, 2.05) is 0 Å². The van der Waals surface area contributed by atoms with Gasteiger partial charge in [0.05, 0.1) is 6.54 Å². The van der Waals surface area contributed by atoms with Gasteiger partial charge < -0.3 is 15.6 Å². The third-order valence-corrected chi connectivity index (χ3v) is 1.36. The molecule has 1 atom stereocenters. The Kier molecular flexibility index (Phi) is 6.10. The molecular weight excluding hydrogens is 236 g/mol. The molecule has 0 rings (SSSR count). The number of carbonyl (C=O) groups is 3. The van der Waals surface area contributed by atoms with Crippen molar-refractivity contribution in [3.8, 4) is 0 Å². The highest BCUT2D eigenvalue weighted by atomic mass is 17.2. The lowest BCUT2D eigenvalue weighted by molar-refractivity contribution is -0.299. The van der Waals surface area contributed by atoms with Gasteiger partial charge in [0.1, 0.15) is 0 Å². The summed E-state index contributed by atoms with van der Waals surface area (Å²) in [6, 6.07) is 0. The first-order valence-electron chi connectivity index (χ1n) is 4.62. The highest BCUT2D eigenvalue weighted by Gasteiger charge is 2.42. The van der Waals surface area contributed by atoms with E-state index >= 15 is 0 Å². The molecule has 0 radical (unpaired) electrons. The Morgan fingerprint density at radius 3 is 2.35 bits per heavy atom. The predicted molar refractivity (Wildman–Crippen MR) is 51.6 cm³/mol. The molecule has 9 heteroatoms. The van der Waals surface area contributed by atoms with Crippen LogP contribution in [0.5, 0.6) is 0 Å². The van der Waals surface area contributed by atoms with E-state index in [0.717, 1.165) is 6.92 Å². The van der Waals surface area contributed by atoms with E-state index in [-0.39, 0.29) is 6.61 Å². The summed E-state index contributed by atoms with van der Waals surface area (Å²) in [6.07, 6.45) is 0. The molecule has 0 heterocycles. The van der Waals surface area contributed by atoms with Crippen molar-refractivity contribution in [1.29, 1.82) is 0 Å². The monoisotopic (exact) mass is 250 g/mol. The van der Waals surface area contributed by atoms with Crippen LogP contribution >= 0.6 is 0 Å². The van der Waals surface area contributed by atoms with Crippen molar-refractivity contribution < 1.29 is 34.0 Å². The van der Waals surface area contributed by atoms with E-state index in [0.29, 0.717) is 0 Å². The zero-order valence-corrected chi connectivity index (χ0v) is 9.39. The molecular formula is C8H14N2O7. The maximum atomic E-state index is 11.3. The van der Waals surface area contributed by atoms with Gasteiger partial charge in [0.25, 0.3) is 0 Å². The summed E-state index contributed by atoms with van der Waals surface area (Å²) >= 11 is 0. The van der Waals surface area contributed by atoms with Crippen LogP contribution in [-0.2, 0) is 28.9 Å². The smallest absolute Gasteiger partial charge is 0.340 e. The topological polar surface area (TPSA) is 137 Å². The summed E-state index contributed by atoms with van der Waals surface area (Å²) < 4.78 is 4.60. The van der Waals surface area contributed by atoms with Gasteiger partial charge in [0.15, 0.2) is 0 Å². The number of ether oxygens (including phenoxy) is 1. The number of amides is 1. The molecule has 1 unspecified atom stereocenters. The van der Waals surface area contributed by atoms with Crippen molar-refractivity contribution in [1.82, 2.24) is 5.32 Å². The molecule has 0 aromatic rings. The van der Waals surface area contributed by atoms with Gasteiger partial charge in [0, 0.05) is 13.5 Å². The second kappa shape index (κ2) is 6.78. The quantitative estimate of drug-likeness (QED) is 0.283. The number of nitrogens with one attached hydrogen (secondary N) is 1. The third-order valence-electron chi connectivity index (χ3n) is 1.36. The molecule has 0 aromatic carbocycles. The van der Waals surface area contributed by atoms with Crippen molar-refractivity contribution >= 4 is 17.8 Å². The highest BCUT2D eigenvalue weighted by molar-refractivity contribution is 5.86. The van der Waals surface area contributed by atoms with Crippen LogP contribution in [0.2, 0.25) is 0 Å². The van der Waals surface area contributed by atoms with Gasteiger partial charge in [-0.2, -0.15) is 0 Å². The summed E-state index contributed by atoms with van der Waals surface area (Å²) in [5, 5.41) is 11.4. The zero-order valence-electron chi connectivity index (χ0n) is 9.39. The Morgan fingerprint density at radius 2 is 1.94 bits per heavy atom. The van der Waals surface area contributed by atoms with Gasteiger partial charge in [-0.05, 0) is 6.92 Å². The summed E-state index contributed by atoms with van der Waals surface area (Å²) in [5.41, 5.74) is 4.98. The molecule has 0 spiro atoms. The van der Waals surface area contributed by atoms with Crippen molar-refractivity contribution in [3.63, 3.8) is 0 Å². The van der Waals surface area contributed by atoms with Crippen LogP contribution in [-0.4, -0.2) is 42.0 Å². The Bertz CT molecular complexity index is 306. The van der Waals surface area contributed by atoms with Gasteiger partial charge in [-0.25, -0.2) is 19.4 Å². The number of carbonyl (C=O) groups excluding carboxylic acids is 3. The van der Waals surface area contributed by atoms with E-state index in [4.69, 9.17) is 5.73 Å². The molecule has 0 aromatic heterocycles. The van der Waals surface area contributed by atoms with Crippen LogP contribution in [0.25, 0.3) is 0 Å². The Hall–Kier alpha value is -1.71. The summed E-state index contributed by atoms with van der Waals surface area (Å²) in [7, 11) is 0. The van der Waals surface area contributed by atoms with Gasteiger partial charge in [-0.3, -0.25) is 10.1 Å². The molecule has 0 aliphatic carbocycles. The summed E-state index contributed by atoms with van der Waals surface area (Å²) in [5.74, 6) is -6.03. The molecule has 0 aliphatic heterocycles. The third kappa shape index (κ3) is 5.24. The summed E-state index contributed by atoms with van der Waals surface area (Å²) in [4.78, 5) is 40.5. The molecule has 98 valence electrons.